The highest BCUT2D eigenvalue weighted by molar-refractivity contribution is 7.89. The highest BCUT2D eigenvalue weighted by atomic mass is 32.2. The number of benzene rings is 2. The van der Waals surface area contributed by atoms with Crippen molar-refractivity contribution in [2.45, 2.75) is 31.3 Å². The van der Waals surface area contributed by atoms with Crippen molar-refractivity contribution in [3.8, 4) is 5.75 Å². The Morgan fingerprint density at radius 1 is 1.16 bits per heavy atom. The van der Waals surface area contributed by atoms with E-state index in [0.717, 1.165) is 23.5 Å². The molecule has 1 aromatic heterocycles. The number of aromatic nitrogens is 1. The van der Waals surface area contributed by atoms with Gasteiger partial charge in [0.25, 0.3) is 5.91 Å². The molecule has 2 aromatic carbocycles. The normalized spacial score (nSPS) is 14.5. The standard InChI is InChI=1S/C22H23N3O4S2/c1-16-23-18(15-30-16)14-29-21-10-3-2-9-20(21)22(26)24-17-7-6-8-19(13-17)31(27,28)25-11-4-5-12-25/h2-3,6-10,13,15H,4-5,11-12,14H2,1H3,(H,24,26). The number of amides is 1. The third kappa shape index (κ3) is 4.95. The summed E-state index contributed by atoms with van der Waals surface area (Å²) in [5.41, 5.74) is 1.58. The van der Waals surface area contributed by atoms with Crippen LogP contribution in [0, 0.1) is 6.92 Å². The van der Waals surface area contributed by atoms with Crippen LogP contribution in [0.15, 0.2) is 58.8 Å². The maximum absolute atomic E-state index is 12.9. The monoisotopic (exact) mass is 457 g/mol. The van der Waals surface area contributed by atoms with Gasteiger partial charge in [0.05, 0.1) is 21.2 Å². The van der Waals surface area contributed by atoms with E-state index < -0.39 is 10.0 Å². The van der Waals surface area contributed by atoms with Gasteiger partial charge in [0.15, 0.2) is 0 Å². The van der Waals surface area contributed by atoms with Gasteiger partial charge in [-0.1, -0.05) is 18.2 Å². The molecule has 1 N–H and O–H groups in total. The molecule has 1 amide bonds. The Bertz CT molecular complexity index is 1180. The molecule has 0 spiro atoms. The number of para-hydroxylation sites is 1. The van der Waals surface area contributed by atoms with Crippen LogP contribution in [0.25, 0.3) is 0 Å². The fourth-order valence-corrected chi connectivity index (χ4v) is 5.58. The van der Waals surface area contributed by atoms with Gasteiger partial charge in [-0.25, -0.2) is 13.4 Å². The van der Waals surface area contributed by atoms with Crippen molar-refractivity contribution in [1.29, 1.82) is 0 Å². The number of sulfonamides is 1. The molecule has 4 rings (SSSR count). The topological polar surface area (TPSA) is 88.6 Å². The Labute approximate surface area is 185 Å². The summed E-state index contributed by atoms with van der Waals surface area (Å²) >= 11 is 1.54. The molecule has 7 nitrogen and oxygen atoms in total. The number of hydrogen-bond donors (Lipinski definition) is 1. The number of hydrogen-bond acceptors (Lipinski definition) is 6. The van der Waals surface area contributed by atoms with Crippen LogP contribution in [0.4, 0.5) is 5.69 Å². The molecule has 3 aromatic rings. The summed E-state index contributed by atoms with van der Waals surface area (Å²) in [6.07, 6.45) is 1.74. The lowest BCUT2D eigenvalue weighted by molar-refractivity contribution is 0.102. The van der Waals surface area contributed by atoms with Gasteiger partial charge in [-0.2, -0.15) is 4.31 Å². The Morgan fingerprint density at radius 2 is 1.94 bits per heavy atom. The minimum Gasteiger partial charge on any atom is -0.486 e. The predicted molar refractivity (Wildman–Crippen MR) is 120 cm³/mol. The molecule has 1 saturated heterocycles. The van der Waals surface area contributed by atoms with Crippen LogP contribution in [0.2, 0.25) is 0 Å². The maximum atomic E-state index is 12.9. The van der Waals surface area contributed by atoms with Gasteiger partial charge >= 0.3 is 0 Å². The average molecular weight is 458 g/mol. The Kier molecular flexibility index (Phi) is 6.35. The van der Waals surface area contributed by atoms with Crippen LogP contribution >= 0.6 is 11.3 Å². The van der Waals surface area contributed by atoms with E-state index in [0.29, 0.717) is 30.1 Å². The smallest absolute Gasteiger partial charge is 0.259 e. The summed E-state index contributed by atoms with van der Waals surface area (Å²) in [5.74, 6) is 0.0623. The zero-order valence-corrected chi connectivity index (χ0v) is 18.7. The number of ether oxygens (including phenoxy) is 1. The highest BCUT2D eigenvalue weighted by Gasteiger charge is 2.27. The fourth-order valence-electron chi connectivity index (χ4n) is 3.42. The van der Waals surface area contributed by atoms with E-state index in [-0.39, 0.29) is 17.4 Å². The summed E-state index contributed by atoms with van der Waals surface area (Å²) in [5, 5.41) is 5.66. The molecule has 9 heteroatoms. The summed E-state index contributed by atoms with van der Waals surface area (Å²) < 4.78 is 32.9. The van der Waals surface area contributed by atoms with E-state index >= 15 is 0 Å². The molecule has 1 fully saturated rings. The average Bonchev–Trinajstić information content (AvgIpc) is 3.45. The minimum absolute atomic E-state index is 0.177. The van der Waals surface area contributed by atoms with Crippen LogP contribution in [0.3, 0.4) is 0 Å². The van der Waals surface area contributed by atoms with Gasteiger partial charge < -0.3 is 10.1 Å². The van der Waals surface area contributed by atoms with Gasteiger partial charge in [0.2, 0.25) is 10.0 Å². The van der Waals surface area contributed by atoms with Crippen molar-refractivity contribution in [3.63, 3.8) is 0 Å². The van der Waals surface area contributed by atoms with Crippen LogP contribution in [-0.4, -0.2) is 36.7 Å². The molecule has 1 aliphatic heterocycles. The van der Waals surface area contributed by atoms with Gasteiger partial charge in [0.1, 0.15) is 12.4 Å². The van der Waals surface area contributed by atoms with Crippen molar-refractivity contribution < 1.29 is 17.9 Å². The van der Waals surface area contributed by atoms with Crippen molar-refractivity contribution in [1.82, 2.24) is 9.29 Å². The number of carbonyl (C=O) groups is 1. The van der Waals surface area contributed by atoms with Crippen molar-refractivity contribution in [2.24, 2.45) is 0 Å². The molecule has 0 atom stereocenters. The number of thiazole rings is 1. The second-order valence-corrected chi connectivity index (χ2v) is 10.2. The molecule has 0 saturated carbocycles. The third-order valence-electron chi connectivity index (χ3n) is 4.97. The fraction of sp³-hybridized carbons (Fsp3) is 0.273. The minimum atomic E-state index is -3.56. The van der Waals surface area contributed by atoms with Crippen LogP contribution in [-0.2, 0) is 16.6 Å². The van der Waals surface area contributed by atoms with Gasteiger partial charge in [-0.05, 0) is 50.1 Å². The first-order valence-electron chi connectivity index (χ1n) is 9.98. The third-order valence-corrected chi connectivity index (χ3v) is 7.69. The summed E-state index contributed by atoms with van der Waals surface area (Å²) in [7, 11) is -3.56. The van der Waals surface area contributed by atoms with Crippen LogP contribution in [0.1, 0.15) is 33.9 Å². The summed E-state index contributed by atoms with van der Waals surface area (Å²) in [4.78, 5) is 17.4. The first-order valence-corrected chi connectivity index (χ1v) is 12.3. The van der Waals surface area contributed by atoms with Crippen LogP contribution in [0.5, 0.6) is 5.75 Å². The maximum Gasteiger partial charge on any atom is 0.259 e. The predicted octanol–water partition coefficient (Wildman–Crippen LogP) is 4.07. The van der Waals surface area contributed by atoms with Crippen molar-refractivity contribution >= 4 is 33.0 Å². The largest absolute Gasteiger partial charge is 0.486 e. The Hall–Kier alpha value is -2.75. The van der Waals surface area contributed by atoms with Crippen molar-refractivity contribution in [3.05, 3.63) is 70.2 Å². The number of nitrogens with zero attached hydrogens (tertiary/aromatic N) is 2. The lowest BCUT2D eigenvalue weighted by Gasteiger charge is -2.16. The van der Waals surface area contributed by atoms with E-state index in [4.69, 9.17) is 4.74 Å². The lowest BCUT2D eigenvalue weighted by Crippen LogP contribution is -2.27. The molecule has 0 radical (unpaired) electrons. The molecule has 0 aliphatic carbocycles. The second-order valence-electron chi connectivity index (χ2n) is 7.24. The first kappa shape index (κ1) is 21.5. The van der Waals surface area contributed by atoms with Gasteiger partial charge in [-0.15, -0.1) is 11.3 Å². The van der Waals surface area contributed by atoms with E-state index in [1.54, 1.807) is 53.8 Å². The molecule has 1 aliphatic rings. The van der Waals surface area contributed by atoms with Gasteiger partial charge in [0, 0.05) is 24.2 Å². The molecule has 31 heavy (non-hydrogen) atoms. The van der Waals surface area contributed by atoms with E-state index in [9.17, 15) is 13.2 Å². The second kappa shape index (κ2) is 9.17. The van der Waals surface area contributed by atoms with E-state index in [2.05, 4.69) is 10.3 Å². The highest BCUT2D eigenvalue weighted by Crippen LogP contribution is 2.25. The first-order chi connectivity index (χ1) is 14.9. The number of aryl methyl sites for hydroxylation is 1. The number of carbonyl (C=O) groups excluding carboxylic acids is 1. The quantitative estimate of drug-likeness (QED) is 0.578. The van der Waals surface area contributed by atoms with Crippen molar-refractivity contribution in [2.75, 3.05) is 18.4 Å². The zero-order chi connectivity index (χ0) is 21.8. The van der Waals surface area contributed by atoms with Gasteiger partial charge in [-0.3, -0.25) is 4.79 Å². The van der Waals surface area contributed by atoms with E-state index in [1.807, 2.05) is 12.3 Å². The van der Waals surface area contributed by atoms with E-state index in [1.165, 1.54) is 10.4 Å². The Morgan fingerprint density at radius 3 is 2.68 bits per heavy atom. The molecular formula is C22H23N3O4S2. The van der Waals surface area contributed by atoms with Crippen LogP contribution < -0.4 is 10.1 Å². The number of rotatable bonds is 7. The molecule has 2 heterocycles. The SMILES string of the molecule is Cc1nc(COc2ccccc2C(=O)Nc2cccc(S(=O)(=O)N3CCCC3)c2)cs1. The molecule has 0 bridgehead atoms. The zero-order valence-electron chi connectivity index (χ0n) is 17.1. The molecule has 162 valence electrons. The molecular weight excluding hydrogens is 434 g/mol. The number of anilines is 1. The molecule has 0 unspecified atom stereocenters. The summed E-state index contributed by atoms with van der Waals surface area (Å²) in [6.45, 7) is 3.25. The lowest BCUT2D eigenvalue weighted by atomic mass is 10.2. The number of nitrogens with one attached hydrogen (secondary N) is 1. The Balaban J connectivity index is 1.50. The summed E-state index contributed by atoms with van der Waals surface area (Å²) in [6, 6.07) is 13.3.